The number of hydrogen-bond acceptors (Lipinski definition) is 4. The van der Waals surface area contributed by atoms with E-state index in [0.29, 0.717) is 29.2 Å². The van der Waals surface area contributed by atoms with Crippen LogP contribution in [0.1, 0.15) is 36.9 Å². The fourth-order valence-electron chi connectivity index (χ4n) is 5.44. The molecule has 3 aromatic rings. The van der Waals surface area contributed by atoms with Crippen molar-refractivity contribution in [2.45, 2.75) is 38.1 Å². The number of likely N-dealkylation sites (tertiary alicyclic amines) is 1. The van der Waals surface area contributed by atoms with Gasteiger partial charge in [-0.25, -0.2) is 4.39 Å². The molecular weight excluding hydrogens is 413 g/mol. The van der Waals surface area contributed by atoms with Crippen LogP contribution in [0.2, 0.25) is 5.02 Å². The summed E-state index contributed by atoms with van der Waals surface area (Å²) < 4.78 is 13.8. The molecule has 1 saturated heterocycles. The lowest BCUT2D eigenvalue weighted by Crippen LogP contribution is -2.39. The summed E-state index contributed by atoms with van der Waals surface area (Å²) in [5.74, 6) is 1.56. The van der Waals surface area contributed by atoms with Gasteiger partial charge in [-0.1, -0.05) is 11.6 Å². The first kappa shape index (κ1) is 20.5. The van der Waals surface area contributed by atoms with E-state index in [1.54, 1.807) is 24.4 Å². The highest BCUT2D eigenvalue weighted by Crippen LogP contribution is 2.47. The summed E-state index contributed by atoms with van der Waals surface area (Å²) in [7, 11) is 0. The summed E-state index contributed by atoms with van der Waals surface area (Å²) in [5.41, 5.74) is 2.83. The number of nitrogens with zero attached hydrogens (tertiary/aromatic N) is 3. The number of fused-ring (bicyclic) bond motifs is 2. The van der Waals surface area contributed by atoms with Gasteiger partial charge >= 0.3 is 0 Å². The number of pyridine rings is 2. The molecule has 0 bridgehead atoms. The predicted octanol–water partition coefficient (Wildman–Crippen LogP) is 5.05. The third-order valence-electron chi connectivity index (χ3n) is 7.11. The van der Waals surface area contributed by atoms with Gasteiger partial charge in [-0.15, -0.1) is 0 Å². The number of aromatic nitrogens is 2. The van der Waals surface area contributed by atoms with Crippen molar-refractivity contribution >= 4 is 28.3 Å². The number of ketones is 1. The third-order valence-corrected chi connectivity index (χ3v) is 7.34. The molecule has 0 amide bonds. The number of carbonyl (C=O) groups excluding carboxylic acids is 1. The van der Waals surface area contributed by atoms with Crippen molar-refractivity contribution in [3.8, 4) is 0 Å². The van der Waals surface area contributed by atoms with Gasteiger partial charge in [0.15, 0.2) is 5.78 Å². The van der Waals surface area contributed by atoms with Gasteiger partial charge in [-0.3, -0.25) is 19.7 Å². The lowest BCUT2D eigenvalue weighted by Gasteiger charge is -2.25. The second kappa shape index (κ2) is 8.29. The number of Topliss-reactive ketones (excluding diaryl/α,β-unsaturated/α-hetero) is 1. The Morgan fingerprint density at radius 1 is 1.16 bits per heavy atom. The van der Waals surface area contributed by atoms with Crippen molar-refractivity contribution in [2.75, 3.05) is 13.1 Å². The fraction of sp³-hybridized carbons (Fsp3) is 0.400. The van der Waals surface area contributed by atoms with E-state index in [0.717, 1.165) is 42.5 Å². The largest absolute Gasteiger partial charge is 0.298 e. The summed E-state index contributed by atoms with van der Waals surface area (Å²) in [5, 5.41) is 1.51. The number of hydrogen-bond donors (Lipinski definition) is 0. The average Bonchev–Trinajstić information content (AvgIpc) is 3.33. The third kappa shape index (κ3) is 4.09. The Balaban J connectivity index is 1.24. The molecule has 31 heavy (non-hydrogen) atoms. The first-order valence-corrected chi connectivity index (χ1v) is 11.3. The number of halogens is 2. The van der Waals surface area contributed by atoms with Crippen molar-refractivity contribution in [3.05, 3.63) is 70.9 Å². The molecular formula is C25H25ClFN3O. The second-order valence-corrected chi connectivity index (χ2v) is 9.43. The highest BCUT2D eigenvalue weighted by atomic mass is 35.5. The summed E-state index contributed by atoms with van der Waals surface area (Å²) >= 11 is 5.89. The van der Waals surface area contributed by atoms with Crippen LogP contribution in [0, 0.1) is 17.7 Å². The Labute approximate surface area is 186 Å². The standard InChI is InChI=1S/C25H25ClFN3O/c1-15(25(31)11-21-4-2-19(26)12-29-21)30-13-17-8-16(9-18(17)14-30)22-6-7-28-24-5-3-20(27)10-23(22)24/h2-7,10,12,15-18H,8-9,11,13-14H2,1H3/t15?,16?,17-,18+. The molecule has 4 nitrogen and oxygen atoms in total. The van der Waals surface area contributed by atoms with Crippen LogP contribution in [-0.2, 0) is 11.2 Å². The van der Waals surface area contributed by atoms with Crippen LogP contribution in [0.5, 0.6) is 0 Å². The molecule has 0 radical (unpaired) electrons. The van der Waals surface area contributed by atoms with Gasteiger partial charge in [0.2, 0.25) is 0 Å². The number of rotatable bonds is 5. The van der Waals surface area contributed by atoms with E-state index in [1.165, 1.54) is 11.6 Å². The molecule has 4 atom stereocenters. The fourth-order valence-corrected chi connectivity index (χ4v) is 5.55. The molecule has 1 aliphatic heterocycles. The molecule has 0 N–H and O–H groups in total. The molecule has 3 heterocycles. The number of carbonyl (C=O) groups is 1. The zero-order valence-corrected chi connectivity index (χ0v) is 18.2. The number of benzene rings is 1. The van der Waals surface area contributed by atoms with Crippen molar-refractivity contribution in [1.82, 2.24) is 14.9 Å². The molecule has 6 heteroatoms. The van der Waals surface area contributed by atoms with Crippen LogP contribution >= 0.6 is 11.6 Å². The van der Waals surface area contributed by atoms with Crippen molar-refractivity contribution < 1.29 is 9.18 Å². The Bertz CT molecular complexity index is 1110. The molecule has 5 rings (SSSR count). The maximum Gasteiger partial charge on any atom is 0.155 e. The van der Waals surface area contributed by atoms with E-state index in [2.05, 4.69) is 20.9 Å². The molecule has 0 spiro atoms. The highest BCUT2D eigenvalue weighted by Gasteiger charge is 2.43. The first-order chi connectivity index (χ1) is 15.0. The molecule has 160 valence electrons. The second-order valence-electron chi connectivity index (χ2n) is 8.99. The van der Waals surface area contributed by atoms with E-state index in [-0.39, 0.29) is 17.6 Å². The summed E-state index contributed by atoms with van der Waals surface area (Å²) in [6.45, 7) is 3.90. The van der Waals surface area contributed by atoms with Crippen LogP contribution in [0.3, 0.4) is 0 Å². The van der Waals surface area contributed by atoms with Crippen molar-refractivity contribution in [3.63, 3.8) is 0 Å². The van der Waals surface area contributed by atoms with Gasteiger partial charge in [-0.2, -0.15) is 0 Å². The van der Waals surface area contributed by atoms with E-state index in [1.807, 2.05) is 19.2 Å². The van der Waals surface area contributed by atoms with Gasteiger partial charge in [0.05, 0.1) is 23.0 Å². The van der Waals surface area contributed by atoms with Crippen LogP contribution in [0.15, 0.2) is 48.8 Å². The van der Waals surface area contributed by atoms with Crippen LogP contribution in [0.25, 0.3) is 10.9 Å². The quantitative estimate of drug-likeness (QED) is 0.560. The Morgan fingerprint density at radius 2 is 1.94 bits per heavy atom. The van der Waals surface area contributed by atoms with Gasteiger partial charge in [-0.05, 0) is 79.5 Å². The van der Waals surface area contributed by atoms with Gasteiger partial charge < -0.3 is 0 Å². The van der Waals surface area contributed by atoms with Gasteiger partial charge in [0.1, 0.15) is 5.82 Å². The summed E-state index contributed by atoms with van der Waals surface area (Å²) in [4.78, 5) is 23.8. The van der Waals surface area contributed by atoms with Crippen molar-refractivity contribution in [1.29, 1.82) is 0 Å². The van der Waals surface area contributed by atoms with Gasteiger partial charge in [0.25, 0.3) is 0 Å². The lowest BCUT2D eigenvalue weighted by molar-refractivity contribution is -0.122. The van der Waals surface area contributed by atoms with Crippen LogP contribution in [-0.4, -0.2) is 39.8 Å². The molecule has 1 aromatic carbocycles. The minimum Gasteiger partial charge on any atom is -0.298 e. The monoisotopic (exact) mass is 437 g/mol. The minimum atomic E-state index is -0.214. The highest BCUT2D eigenvalue weighted by molar-refractivity contribution is 6.30. The molecule has 1 saturated carbocycles. The zero-order valence-electron chi connectivity index (χ0n) is 17.5. The Kier molecular flexibility index (Phi) is 5.49. The Hall–Kier alpha value is -2.37. The van der Waals surface area contributed by atoms with Gasteiger partial charge in [0, 0.05) is 36.6 Å². The first-order valence-electron chi connectivity index (χ1n) is 10.9. The maximum atomic E-state index is 13.8. The van der Waals surface area contributed by atoms with Crippen LogP contribution in [0.4, 0.5) is 4.39 Å². The topological polar surface area (TPSA) is 46.1 Å². The molecule has 2 aliphatic rings. The SMILES string of the molecule is CC(C(=O)Cc1ccc(Cl)cn1)N1C[C@H]2CC(c3ccnc4ccc(F)cc34)C[C@H]2C1. The molecule has 2 unspecified atom stereocenters. The Morgan fingerprint density at radius 3 is 2.65 bits per heavy atom. The van der Waals surface area contributed by atoms with Crippen LogP contribution < -0.4 is 0 Å². The minimum absolute atomic E-state index is 0.114. The summed E-state index contributed by atoms with van der Waals surface area (Å²) in [6, 6.07) is 10.4. The predicted molar refractivity (Wildman–Crippen MR) is 120 cm³/mol. The lowest BCUT2D eigenvalue weighted by atomic mass is 9.92. The smallest absolute Gasteiger partial charge is 0.155 e. The average molecular weight is 438 g/mol. The maximum absolute atomic E-state index is 13.8. The molecule has 1 aliphatic carbocycles. The normalized spacial score (nSPS) is 24.4. The van der Waals surface area contributed by atoms with E-state index in [9.17, 15) is 9.18 Å². The van der Waals surface area contributed by atoms with E-state index < -0.39 is 0 Å². The van der Waals surface area contributed by atoms with Crippen molar-refractivity contribution in [2.24, 2.45) is 11.8 Å². The summed E-state index contributed by atoms with van der Waals surface area (Å²) in [6.07, 6.45) is 5.92. The molecule has 2 aromatic heterocycles. The van der Waals surface area contributed by atoms with E-state index >= 15 is 0 Å². The zero-order chi connectivity index (χ0) is 21.5. The molecule has 2 fully saturated rings. The van der Waals surface area contributed by atoms with E-state index in [4.69, 9.17) is 11.6 Å².